The lowest BCUT2D eigenvalue weighted by atomic mass is 9.93. The Morgan fingerprint density at radius 2 is 1.95 bits per heavy atom. The fourth-order valence-electron chi connectivity index (χ4n) is 4.45. The molecule has 3 aliphatic rings. The van der Waals surface area contributed by atoms with Gasteiger partial charge in [-0.05, 0) is 39.8 Å². The first-order chi connectivity index (χ1) is 10.7. The minimum Gasteiger partial charge on any atom is -0.376 e. The van der Waals surface area contributed by atoms with Crippen LogP contribution >= 0.6 is 0 Å². The average Bonchev–Trinajstić information content (AvgIpc) is 3.24. The van der Waals surface area contributed by atoms with Gasteiger partial charge in [-0.15, -0.1) is 0 Å². The quantitative estimate of drug-likeness (QED) is 0.849. The monoisotopic (exact) mass is 305 g/mol. The molecule has 5 nitrogen and oxygen atoms in total. The van der Waals surface area contributed by atoms with Crippen LogP contribution in [0.4, 0.5) is 0 Å². The lowest BCUT2D eigenvalue weighted by Crippen LogP contribution is -2.32. The van der Waals surface area contributed by atoms with Crippen molar-refractivity contribution in [2.24, 2.45) is 11.8 Å². The zero-order valence-electron chi connectivity index (χ0n) is 13.8. The van der Waals surface area contributed by atoms with Gasteiger partial charge in [0.1, 0.15) is 5.76 Å². The molecule has 3 aliphatic heterocycles. The molecular weight excluding hydrogens is 278 g/mol. The largest absolute Gasteiger partial charge is 0.376 e. The van der Waals surface area contributed by atoms with Crippen molar-refractivity contribution in [3.8, 4) is 0 Å². The summed E-state index contributed by atoms with van der Waals surface area (Å²) in [5, 5.41) is 4.07. The summed E-state index contributed by atoms with van der Waals surface area (Å²) in [5.41, 5.74) is 2.29. The Morgan fingerprint density at radius 3 is 2.68 bits per heavy atom. The molecule has 0 radical (unpaired) electrons. The minimum atomic E-state index is 0.438. The van der Waals surface area contributed by atoms with E-state index in [0.29, 0.717) is 12.0 Å². The van der Waals surface area contributed by atoms with Crippen molar-refractivity contribution in [2.75, 3.05) is 39.3 Å². The topological polar surface area (TPSA) is 41.7 Å². The second-order valence-electron chi connectivity index (χ2n) is 7.30. The first-order valence-electron chi connectivity index (χ1n) is 8.69. The van der Waals surface area contributed by atoms with Crippen LogP contribution in [0, 0.1) is 25.7 Å². The summed E-state index contributed by atoms with van der Waals surface area (Å²) in [6.07, 6.45) is 3.19. The summed E-state index contributed by atoms with van der Waals surface area (Å²) in [6.45, 7) is 12.0. The number of aromatic nitrogens is 1. The molecule has 0 unspecified atom stereocenters. The zero-order chi connectivity index (χ0) is 15.1. The summed E-state index contributed by atoms with van der Waals surface area (Å²) in [7, 11) is 0. The van der Waals surface area contributed by atoms with Gasteiger partial charge < -0.3 is 14.2 Å². The number of likely N-dealkylation sites (tertiary alicyclic amines) is 2. The van der Waals surface area contributed by atoms with Gasteiger partial charge in [0.2, 0.25) is 0 Å². The van der Waals surface area contributed by atoms with Crippen LogP contribution in [0.5, 0.6) is 0 Å². The van der Waals surface area contributed by atoms with Crippen molar-refractivity contribution >= 4 is 0 Å². The van der Waals surface area contributed by atoms with E-state index in [1.165, 1.54) is 38.0 Å². The van der Waals surface area contributed by atoms with Crippen LogP contribution in [-0.4, -0.2) is 60.4 Å². The predicted molar refractivity (Wildman–Crippen MR) is 83.6 cm³/mol. The normalized spacial score (nSPS) is 32.9. The molecule has 0 spiro atoms. The van der Waals surface area contributed by atoms with Crippen LogP contribution in [0.1, 0.15) is 29.9 Å². The maximum absolute atomic E-state index is 6.10. The molecule has 22 heavy (non-hydrogen) atoms. The van der Waals surface area contributed by atoms with Gasteiger partial charge in [0, 0.05) is 43.6 Å². The van der Waals surface area contributed by atoms with Crippen LogP contribution < -0.4 is 0 Å². The average molecular weight is 305 g/mol. The van der Waals surface area contributed by atoms with Crippen LogP contribution in [0.3, 0.4) is 0 Å². The van der Waals surface area contributed by atoms with Gasteiger partial charge in [-0.3, -0.25) is 4.90 Å². The second-order valence-corrected chi connectivity index (χ2v) is 7.30. The van der Waals surface area contributed by atoms with Crippen molar-refractivity contribution in [3.63, 3.8) is 0 Å². The maximum Gasteiger partial charge on any atom is 0.138 e. The molecule has 3 atom stereocenters. The maximum atomic E-state index is 6.10. The zero-order valence-corrected chi connectivity index (χ0v) is 13.8. The molecule has 4 heterocycles. The molecule has 0 bridgehead atoms. The van der Waals surface area contributed by atoms with Gasteiger partial charge in [0.05, 0.1) is 18.4 Å². The second kappa shape index (κ2) is 5.95. The number of hydrogen-bond acceptors (Lipinski definition) is 5. The molecule has 3 saturated heterocycles. The first kappa shape index (κ1) is 14.7. The molecule has 3 fully saturated rings. The highest BCUT2D eigenvalue weighted by atomic mass is 16.5. The van der Waals surface area contributed by atoms with Gasteiger partial charge in [-0.25, -0.2) is 0 Å². The number of nitrogens with zero attached hydrogens (tertiary/aromatic N) is 3. The van der Waals surface area contributed by atoms with Crippen molar-refractivity contribution in [1.29, 1.82) is 0 Å². The molecule has 0 saturated carbocycles. The molecule has 0 aromatic carbocycles. The highest BCUT2D eigenvalue weighted by Crippen LogP contribution is 2.35. The summed E-state index contributed by atoms with van der Waals surface area (Å²) in [6, 6.07) is 0. The summed E-state index contributed by atoms with van der Waals surface area (Å²) < 4.78 is 11.4. The molecule has 0 aliphatic carbocycles. The van der Waals surface area contributed by atoms with Gasteiger partial charge >= 0.3 is 0 Å². The standard InChI is InChI=1S/C17H27N3O2/c1-12-15(13(2)22-18-12)8-20-9-16-14(11-21-17(16)10-20)7-19-5-3-4-6-19/h14,16-17H,3-11H2,1-2H3/t14-,16-,17-/m0/s1. The Balaban J connectivity index is 1.37. The van der Waals surface area contributed by atoms with Crippen LogP contribution in [-0.2, 0) is 11.3 Å². The van der Waals surface area contributed by atoms with E-state index < -0.39 is 0 Å². The molecular formula is C17H27N3O2. The van der Waals surface area contributed by atoms with E-state index in [9.17, 15) is 0 Å². The van der Waals surface area contributed by atoms with E-state index >= 15 is 0 Å². The highest BCUT2D eigenvalue weighted by molar-refractivity contribution is 5.20. The molecule has 122 valence electrons. The Bertz CT molecular complexity index is 504. The third-order valence-corrected chi connectivity index (χ3v) is 5.77. The Labute approximate surface area is 132 Å². The van der Waals surface area contributed by atoms with E-state index in [1.54, 1.807) is 0 Å². The molecule has 1 aromatic heterocycles. The fourth-order valence-corrected chi connectivity index (χ4v) is 4.45. The number of aryl methyl sites for hydroxylation is 2. The summed E-state index contributed by atoms with van der Waals surface area (Å²) >= 11 is 0. The Morgan fingerprint density at radius 1 is 1.14 bits per heavy atom. The van der Waals surface area contributed by atoms with Crippen molar-refractivity contribution in [1.82, 2.24) is 15.0 Å². The lowest BCUT2D eigenvalue weighted by Gasteiger charge is -2.24. The molecule has 1 aromatic rings. The first-order valence-corrected chi connectivity index (χ1v) is 8.69. The van der Waals surface area contributed by atoms with E-state index in [1.807, 2.05) is 13.8 Å². The van der Waals surface area contributed by atoms with E-state index in [-0.39, 0.29) is 0 Å². The minimum absolute atomic E-state index is 0.438. The smallest absolute Gasteiger partial charge is 0.138 e. The van der Waals surface area contributed by atoms with Gasteiger partial charge in [0.15, 0.2) is 0 Å². The lowest BCUT2D eigenvalue weighted by molar-refractivity contribution is 0.0912. The fraction of sp³-hybridized carbons (Fsp3) is 0.824. The molecule has 0 amide bonds. The van der Waals surface area contributed by atoms with Crippen molar-refractivity contribution in [3.05, 3.63) is 17.0 Å². The summed E-state index contributed by atoms with van der Waals surface area (Å²) in [4.78, 5) is 5.16. The molecule has 0 N–H and O–H groups in total. The van der Waals surface area contributed by atoms with Crippen LogP contribution in [0.15, 0.2) is 4.52 Å². The molecule has 4 rings (SSSR count). The van der Waals surface area contributed by atoms with E-state index in [4.69, 9.17) is 9.26 Å². The number of ether oxygens (including phenoxy) is 1. The van der Waals surface area contributed by atoms with E-state index in [2.05, 4.69) is 15.0 Å². The van der Waals surface area contributed by atoms with E-state index in [0.717, 1.165) is 43.6 Å². The van der Waals surface area contributed by atoms with Gasteiger partial charge in [-0.1, -0.05) is 5.16 Å². The summed E-state index contributed by atoms with van der Waals surface area (Å²) in [5.74, 6) is 2.39. The van der Waals surface area contributed by atoms with Gasteiger partial charge in [0.25, 0.3) is 0 Å². The predicted octanol–water partition coefficient (Wildman–Crippen LogP) is 1.83. The third-order valence-electron chi connectivity index (χ3n) is 5.77. The number of fused-ring (bicyclic) bond motifs is 1. The van der Waals surface area contributed by atoms with Crippen LogP contribution in [0.25, 0.3) is 0 Å². The SMILES string of the molecule is Cc1noc(C)c1CN1C[C@H]2[C@@H](CN3CCCC3)CO[C@H]2C1. The number of hydrogen-bond donors (Lipinski definition) is 0. The Hall–Kier alpha value is -0.910. The van der Waals surface area contributed by atoms with Crippen LogP contribution in [0.2, 0.25) is 0 Å². The Kier molecular flexibility index (Phi) is 3.96. The highest BCUT2D eigenvalue weighted by Gasteiger charge is 2.44. The third kappa shape index (κ3) is 2.70. The van der Waals surface area contributed by atoms with Gasteiger partial charge in [-0.2, -0.15) is 0 Å². The molecule has 5 heteroatoms. The van der Waals surface area contributed by atoms with Crippen molar-refractivity contribution < 1.29 is 9.26 Å². The van der Waals surface area contributed by atoms with Crippen molar-refractivity contribution in [2.45, 2.75) is 39.3 Å². The number of rotatable bonds is 4.